The van der Waals surface area contributed by atoms with Gasteiger partial charge >= 0.3 is 0 Å². The Morgan fingerprint density at radius 1 is 1.32 bits per heavy atom. The SMILES string of the molecule is CCc1cccc(N2CC(c3nc(C4CC4)no3)CC2=O)c1. The lowest BCUT2D eigenvalue weighted by Gasteiger charge is -2.16. The molecule has 4 rings (SSSR count). The maximum absolute atomic E-state index is 12.3. The molecule has 1 atom stereocenters. The summed E-state index contributed by atoms with van der Waals surface area (Å²) in [7, 11) is 0. The number of nitrogens with zero attached hydrogens (tertiary/aromatic N) is 3. The highest BCUT2D eigenvalue weighted by Gasteiger charge is 2.36. The number of amides is 1. The van der Waals surface area contributed by atoms with Gasteiger partial charge in [0.25, 0.3) is 0 Å². The van der Waals surface area contributed by atoms with Crippen LogP contribution in [0.25, 0.3) is 0 Å². The second kappa shape index (κ2) is 5.23. The quantitative estimate of drug-likeness (QED) is 0.870. The molecule has 1 amide bonds. The summed E-state index contributed by atoms with van der Waals surface area (Å²) >= 11 is 0. The molecule has 22 heavy (non-hydrogen) atoms. The Morgan fingerprint density at radius 3 is 2.95 bits per heavy atom. The third-order valence-electron chi connectivity index (χ3n) is 4.50. The molecule has 5 heteroatoms. The number of carbonyl (C=O) groups is 1. The zero-order valence-corrected chi connectivity index (χ0v) is 12.7. The van der Waals surface area contributed by atoms with E-state index >= 15 is 0 Å². The fraction of sp³-hybridized carbons (Fsp3) is 0.471. The third-order valence-corrected chi connectivity index (χ3v) is 4.50. The minimum absolute atomic E-state index is 0.0118. The first-order valence-corrected chi connectivity index (χ1v) is 7.97. The van der Waals surface area contributed by atoms with E-state index < -0.39 is 0 Å². The van der Waals surface area contributed by atoms with Gasteiger partial charge in [-0.3, -0.25) is 4.79 Å². The molecule has 0 spiro atoms. The second-order valence-electron chi connectivity index (χ2n) is 6.19. The number of aryl methyl sites for hydroxylation is 1. The van der Waals surface area contributed by atoms with E-state index in [9.17, 15) is 4.79 Å². The van der Waals surface area contributed by atoms with Crippen molar-refractivity contribution < 1.29 is 9.32 Å². The number of aromatic nitrogens is 2. The Bertz CT molecular complexity index is 705. The van der Waals surface area contributed by atoms with Crippen molar-refractivity contribution in [2.24, 2.45) is 0 Å². The Hall–Kier alpha value is -2.17. The summed E-state index contributed by atoms with van der Waals surface area (Å²) in [6.07, 6.45) is 3.72. The van der Waals surface area contributed by atoms with Crippen molar-refractivity contribution in [1.29, 1.82) is 0 Å². The number of hydrogen-bond donors (Lipinski definition) is 0. The molecule has 0 bridgehead atoms. The molecule has 1 aliphatic carbocycles. The molecule has 1 unspecified atom stereocenters. The van der Waals surface area contributed by atoms with Crippen molar-refractivity contribution in [3.63, 3.8) is 0 Å². The van der Waals surface area contributed by atoms with E-state index in [1.807, 2.05) is 17.0 Å². The molecule has 5 nitrogen and oxygen atoms in total. The number of hydrogen-bond acceptors (Lipinski definition) is 4. The van der Waals surface area contributed by atoms with Crippen LogP contribution in [-0.2, 0) is 11.2 Å². The molecule has 114 valence electrons. The van der Waals surface area contributed by atoms with Gasteiger partial charge in [-0.15, -0.1) is 0 Å². The molecule has 2 fully saturated rings. The van der Waals surface area contributed by atoms with Crippen LogP contribution in [0.3, 0.4) is 0 Å². The van der Waals surface area contributed by atoms with Gasteiger partial charge in [0, 0.05) is 24.6 Å². The Kier molecular flexibility index (Phi) is 3.21. The minimum Gasteiger partial charge on any atom is -0.339 e. The van der Waals surface area contributed by atoms with Crippen LogP contribution in [0.1, 0.15) is 55.3 Å². The molecule has 2 aliphatic rings. The monoisotopic (exact) mass is 297 g/mol. The second-order valence-corrected chi connectivity index (χ2v) is 6.19. The van der Waals surface area contributed by atoms with Crippen molar-refractivity contribution in [2.75, 3.05) is 11.4 Å². The number of benzene rings is 1. The zero-order chi connectivity index (χ0) is 15.1. The van der Waals surface area contributed by atoms with Gasteiger partial charge in [-0.05, 0) is 37.0 Å². The van der Waals surface area contributed by atoms with Crippen LogP contribution in [0.2, 0.25) is 0 Å². The van der Waals surface area contributed by atoms with E-state index in [1.165, 1.54) is 5.56 Å². The van der Waals surface area contributed by atoms with E-state index in [2.05, 4.69) is 29.2 Å². The highest BCUT2D eigenvalue weighted by Crippen LogP contribution is 2.39. The largest absolute Gasteiger partial charge is 0.339 e. The molecule has 1 saturated carbocycles. The summed E-state index contributed by atoms with van der Waals surface area (Å²) < 4.78 is 5.39. The van der Waals surface area contributed by atoms with Crippen LogP contribution < -0.4 is 4.90 Å². The van der Waals surface area contributed by atoms with Crippen molar-refractivity contribution in [2.45, 2.75) is 44.4 Å². The van der Waals surface area contributed by atoms with Gasteiger partial charge in [0.2, 0.25) is 11.8 Å². The lowest BCUT2D eigenvalue weighted by molar-refractivity contribution is -0.117. The maximum atomic E-state index is 12.3. The van der Waals surface area contributed by atoms with Gasteiger partial charge in [-0.2, -0.15) is 4.98 Å². The van der Waals surface area contributed by atoms with Crippen LogP contribution in [0.5, 0.6) is 0 Å². The third kappa shape index (κ3) is 2.40. The smallest absolute Gasteiger partial charge is 0.232 e. The van der Waals surface area contributed by atoms with Crippen molar-refractivity contribution in [3.05, 3.63) is 41.5 Å². The first kappa shape index (κ1) is 13.5. The van der Waals surface area contributed by atoms with Crippen molar-refractivity contribution in [3.8, 4) is 0 Å². The number of carbonyl (C=O) groups excluding carboxylic acids is 1. The molecular formula is C17H19N3O2. The van der Waals surface area contributed by atoms with E-state index in [0.717, 1.165) is 30.8 Å². The van der Waals surface area contributed by atoms with E-state index in [0.29, 0.717) is 24.8 Å². The molecule has 2 aromatic rings. The fourth-order valence-electron chi connectivity index (χ4n) is 2.99. The molecular weight excluding hydrogens is 278 g/mol. The fourth-order valence-corrected chi connectivity index (χ4v) is 2.99. The van der Waals surface area contributed by atoms with Crippen LogP contribution >= 0.6 is 0 Å². The molecule has 2 heterocycles. The predicted molar refractivity (Wildman–Crippen MR) is 81.8 cm³/mol. The van der Waals surface area contributed by atoms with Crippen LogP contribution in [0.15, 0.2) is 28.8 Å². The summed E-state index contributed by atoms with van der Waals surface area (Å²) in [6.45, 7) is 2.74. The summed E-state index contributed by atoms with van der Waals surface area (Å²) in [5.41, 5.74) is 2.20. The van der Waals surface area contributed by atoms with Crippen molar-refractivity contribution in [1.82, 2.24) is 10.1 Å². The van der Waals surface area contributed by atoms with E-state index in [1.54, 1.807) is 0 Å². The van der Waals surface area contributed by atoms with E-state index in [-0.39, 0.29) is 11.8 Å². The first-order chi connectivity index (χ1) is 10.7. The highest BCUT2D eigenvalue weighted by atomic mass is 16.5. The maximum Gasteiger partial charge on any atom is 0.232 e. The standard InChI is InChI=1S/C17H19N3O2/c1-2-11-4-3-5-14(8-11)20-10-13(9-15(20)21)17-18-16(19-22-17)12-6-7-12/h3-5,8,12-13H,2,6-7,9-10H2,1H3. The Labute approximate surface area is 129 Å². The lowest BCUT2D eigenvalue weighted by atomic mass is 10.1. The van der Waals surface area contributed by atoms with Gasteiger partial charge in [-0.1, -0.05) is 24.2 Å². The normalized spacial score (nSPS) is 21.6. The van der Waals surface area contributed by atoms with Gasteiger partial charge in [0.15, 0.2) is 5.82 Å². The average molecular weight is 297 g/mol. The Balaban J connectivity index is 1.54. The van der Waals surface area contributed by atoms with Crippen molar-refractivity contribution >= 4 is 11.6 Å². The van der Waals surface area contributed by atoms with Crippen LogP contribution in [-0.4, -0.2) is 22.6 Å². The molecule has 0 N–H and O–H groups in total. The van der Waals surface area contributed by atoms with Gasteiger partial charge in [0.1, 0.15) is 0 Å². The number of anilines is 1. The summed E-state index contributed by atoms with van der Waals surface area (Å²) in [4.78, 5) is 18.7. The highest BCUT2D eigenvalue weighted by molar-refractivity contribution is 5.96. The summed E-state index contributed by atoms with van der Waals surface area (Å²) in [5.74, 6) is 2.05. The van der Waals surface area contributed by atoms with Gasteiger partial charge < -0.3 is 9.42 Å². The molecule has 1 aromatic heterocycles. The average Bonchev–Trinajstić information content (AvgIpc) is 3.14. The van der Waals surface area contributed by atoms with Crippen LogP contribution in [0, 0.1) is 0 Å². The molecule has 1 aliphatic heterocycles. The number of rotatable bonds is 4. The van der Waals surface area contributed by atoms with Crippen LogP contribution in [0.4, 0.5) is 5.69 Å². The molecule has 1 saturated heterocycles. The molecule has 1 aromatic carbocycles. The van der Waals surface area contributed by atoms with E-state index in [4.69, 9.17) is 4.52 Å². The summed E-state index contributed by atoms with van der Waals surface area (Å²) in [6, 6.07) is 8.17. The zero-order valence-electron chi connectivity index (χ0n) is 12.7. The minimum atomic E-state index is 0.0118. The topological polar surface area (TPSA) is 59.2 Å². The van der Waals surface area contributed by atoms with Gasteiger partial charge in [-0.25, -0.2) is 0 Å². The Morgan fingerprint density at radius 2 is 2.18 bits per heavy atom. The van der Waals surface area contributed by atoms with Gasteiger partial charge in [0.05, 0.1) is 5.92 Å². The lowest BCUT2D eigenvalue weighted by Crippen LogP contribution is -2.24. The predicted octanol–water partition coefficient (Wildman–Crippen LogP) is 3.03. The molecule has 0 radical (unpaired) electrons. The summed E-state index contributed by atoms with van der Waals surface area (Å²) in [5, 5.41) is 4.06. The first-order valence-electron chi connectivity index (χ1n) is 7.97.